The van der Waals surface area contributed by atoms with Gasteiger partial charge in [-0.3, -0.25) is 4.79 Å². The lowest BCUT2D eigenvalue weighted by molar-refractivity contribution is 0.215. The third-order valence-corrected chi connectivity index (χ3v) is 6.14. The van der Waals surface area contributed by atoms with Gasteiger partial charge in [-0.2, -0.15) is 0 Å². The predicted octanol–water partition coefficient (Wildman–Crippen LogP) is 5.59. The van der Waals surface area contributed by atoms with Crippen LogP contribution in [-0.4, -0.2) is 24.8 Å². The second-order valence-electron chi connectivity index (χ2n) is 7.04. The number of aromatic nitrogens is 1. The van der Waals surface area contributed by atoms with Crippen LogP contribution in [0.5, 0.6) is 17.2 Å². The molecule has 30 heavy (non-hydrogen) atoms. The Balaban J connectivity index is 1.93. The average Bonchev–Trinajstić information content (AvgIpc) is 2.75. The molecule has 1 aliphatic carbocycles. The van der Waals surface area contributed by atoms with E-state index in [2.05, 4.69) is 34.5 Å². The number of benzene rings is 2. The monoisotopic (exact) mass is 521 g/mol. The van der Waals surface area contributed by atoms with Crippen LogP contribution in [0.2, 0.25) is 0 Å². The van der Waals surface area contributed by atoms with E-state index >= 15 is 0 Å². The van der Waals surface area contributed by atoms with E-state index in [0.29, 0.717) is 48.9 Å². The molecule has 160 valence electrons. The molecule has 0 aromatic heterocycles. The zero-order valence-corrected chi connectivity index (χ0v) is 19.9. The van der Waals surface area contributed by atoms with Crippen molar-refractivity contribution in [2.24, 2.45) is 0 Å². The minimum atomic E-state index is -0.0162. The highest BCUT2D eigenvalue weighted by Crippen LogP contribution is 2.37. The fourth-order valence-corrected chi connectivity index (χ4v) is 3.92. The summed E-state index contributed by atoms with van der Waals surface area (Å²) >= 11 is 2.23. The maximum Gasteiger partial charge on any atom is 0.198 e. The van der Waals surface area contributed by atoms with E-state index in [9.17, 15) is 4.79 Å². The summed E-state index contributed by atoms with van der Waals surface area (Å²) < 4.78 is 18.6. The molecule has 3 rings (SSSR count). The zero-order valence-electron chi connectivity index (χ0n) is 17.7. The van der Waals surface area contributed by atoms with Crippen LogP contribution in [0, 0.1) is 10.5 Å². The van der Waals surface area contributed by atoms with Gasteiger partial charge in [-0.05, 0) is 61.4 Å². The van der Waals surface area contributed by atoms with Crippen molar-refractivity contribution in [2.45, 2.75) is 40.0 Å². The average molecular weight is 521 g/mol. The van der Waals surface area contributed by atoms with Crippen LogP contribution < -0.4 is 19.6 Å². The van der Waals surface area contributed by atoms with Crippen molar-refractivity contribution in [3.05, 3.63) is 61.4 Å². The molecular weight excluding hydrogens is 493 g/mol. The summed E-state index contributed by atoms with van der Waals surface area (Å²) in [5, 5.41) is 0. The van der Waals surface area contributed by atoms with Gasteiger partial charge >= 0.3 is 0 Å². The zero-order chi connectivity index (χ0) is 21.5. The van der Waals surface area contributed by atoms with Gasteiger partial charge in [0.15, 0.2) is 5.43 Å². The van der Waals surface area contributed by atoms with E-state index in [4.69, 9.17) is 14.2 Å². The Morgan fingerprint density at radius 2 is 1.77 bits per heavy atom. The molecule has 5 nitrogen and oxygen atoms in total. The van der Waals surface area contributed by atoms with Gasteiger partial charge in [0, 0.05) is 17.3 Å². The van der Waals surface area contributed by atoms with E-state index < -0.39 is 0 Å². The molecule has 0 radical (unpaired) electrons. The van der Waals surface area contributed by atoms with Crippen LogP contribution in [0.4, 0.5) is 0 Å². The van der Waals surface area contributed by atoms with Crippen LogP contribution in [-0.2, 0) is 6.42 Å². The predicted molar refractivity (Wildman–Crippen MR) is 128 cm³/mol. The molecule has 0 atom stereocenters. The van der Waals surface area contributed by atoms with Crippen molar-refractivity contribution in [1.82, 2.24) is 4.98 Å². The quantitative estimate of drug-likeness (QED) is 0.279. The molecule has 0 saturated carbocycles. The molecule has 0 amide bonds. The first-order valence-electron chi connectivity index (χ1n) is 10.4. The second kappa shape index (κ2) is 10.7. The minimum absolute atomic E-state index is 0.0162. The number of ether oxygens (including phenoxy) is 3. The first kappa shape index (κ1) is 22.5. The first-order valence-corrected chi connectivity index (χ1v) is 11.5. The maximum absolute atomic E-state index is 13.5. The number of fused-ring (bicyclic) bond motifs is 1. The maximum atomic E-state index is 13.5. The minimum Gasteiger partial charge on any atom is -0.492 e. The molecule has 1 heterocycles. The Kier molecular flexibility index (Phi) is 8.01. The fraction of sp³-hybridized carbons (Fsp3) is 0.375. The van der Waals surface area contributed by atoms with Crippen LogP contribution in [0.25, 0.3) is 11.3 Å². The first-order chi connectivity index (χ1) is 14.6. The number of hydrogen-bond acceptors (Lipinski definition) is 4. The number of H-pyrrole nitrogens is 1. The van der Waals surface area contributed by atoms with E-state index in [1.54, 1.807) is 0 Å². The van der Waals surface area contributed by atoms with Crippen LogP contribution in [0.15, 0.2) is 41.2 Å². The summed E-state index contributed by atoms with van der Waals surface area (Å²) in [4.78, 5) is 16.8. The Morgan fingerprint density at radius 1 is 1.03 bits per heavy atom. The summed E-state index contributed by atoms with van der Waals surface area (Å²) in [6.07, 6.45) is 2.61. The molecule has 1 aromatic carbocycles. The number of rotatable bonds is 10. The van der Waals surface area contributed by atoms with Gasteiger partial charge in [-0.15, -0.1) is 0 Å². The molecule has 2 aliphatic rings. The SMILES string of the molecule is CCCCc1c(OCCOc2ccccc2)cc2[nH]c(C)c(I)c(OCC)c-2c1=O. The molecule has 6 heteroatoms. The lowest BCUT2D eigenvalue weighted by Crippen LogP contribution is -2.19. The molecule has 0 saturated heterocycles. The summed E-state index contributed by atoms with van der Waals surface area (Å²) in [6.45, 7) is 7.30. The number of aryl methyl sites for hydroxylation is 1. The van der Waals surface area contributed by atoms with Gasteiger partial charge in [-0.1, -0.05) is 31.5 Å². The Labute approximate surface area is 191 Å². The van der Waals surface area contributed by atoms with Crippen LogP contribution in [0.1, 0.15) is 37.9 Å². The van der Waals surface area contributed by atoms with Crippen molar-refractivity contribution < 1.29 is 14.2 Å². The number of aromatic amines is 1. The molecule has 0 unspecified atom stereocenters. The summed E-state index contributed by atoms with van der Waals surface area (Å²) in [5.74, 6) is 2.08. The van der Waals surface area contributed by atoms with E-state index in [0.717, 1.165) is 33.5 Å². The largest absolute Gasteiger partial charge is 0.492 e. The Hall–Kier alpha value is -2.22. The lowest BCUT2D eigenvalue weighted by atomic mass is 9.98. The highest BCUT2D eigenvalue weighted by molar-refractivity contribution is 14.1. The van der Waals surface area contributed by atoms with E-state index in [-0.39, 0.29) is 5.43 Å². The number of unbranched alkanes of at least 4 members (excludes halogenated alkanes) is 1. The molecule has 1 aromatic rings. The Morgan fingerprint density at radius 3 is 2.47 bits per heavy atom. The van der Waals surface area contributed by atoms with E-state index in [1.807, 2.05) is 50.2 Å². The molecule has 0 spiro atoms. The number of nitrogens with one attached hydrogen (secondary N) is 1. The molecule has 1 N–H and O–H groups in total. The lowest BCUT2D eigenvalue weighted by Gasteiger charge is -2.20. The highest BCUT2D eigenvalue weighted by Gasteiger charge is 2.24. The van der Waals surface area contributed by atoms with Crippen molar-refractivity contribution >= 4 is 22.6 Å². The smallest absolute Gasteiger partial charge is 0.198 e. The van der Waals surface area contributed by atoms with Gasteiger partial charge in [0.1, 0.15) is 30.5 Å². The van der Waals surface area contributed by atoms with Gasteiger partial charge in [0.05, 0.1) is 21.4 Å². The van der Waals surface area contributed by atoms with E-state index in [1.165, 1.54) is 0 Å². The van der Waals surface area contributed by atoms with Crippen LogP contribution in [0.3, 0.4) is 0 Å². The summed E-state index contributed by atoms with van der Waals surface area (Å²) in [5.41, 5.74) is 2.99. The summed E-state index contributed by atoms with van der Waals surface area (Å²) in [6, 6.07) is 11.6. The number of pyridine rings is 1. The number of para-hydroxylation sites is 1. The molecule has 0 fully saturated rings. The third-order valence-electron chi connectivity index (χ3n) is 4.84. The topological polar surface area (TPSA) is 60.6 Å². The highest BCUT2D eigenvalue weighted by atomic mass is 127. The second-order valence-corrected chi connectivity index (χ2v) is 8.12. The van der Waals surface area contributed by atoms with Crippen molar-refractivity contribution in [3.63, 3.8) is 0 Å². The van der Waals surface area contributed by atoms with Crippen molar-refractivity contribution in [2.75, 3.05) is 19.8 Å². The normalized spacial score (nSPS) is 10.9. The molecular formula is C24H28INO4. The van der Waals surface area contributed by atoms with Gasteiger partial charge in [0.2, 0.25) is 0 Å². The number of halogens is 1. The Bertz CT molecular complexity index is 1000. The standard InChI is InChI=1S/C24H28INO4/c1-4-6-12-18-20(30-14-13-29-17-10-8-7-9-11-17)15-19-21(23(18)27)24(28-5-2)22(25)16(3)26-19/h7-11,15,26H,4-6,12-14H2,1-3H3. The molecule has 0 bridgehead atoms. The fourth-order valence-electron chi connectivity index (χ4n) is 3.36. The van der Waals surface area contributed by atoms with Gasteiger partial charge in [-0.25, -0.2) is 0 Å². The molecule has 1 aliphatic heterocycles. The third kappa shape index (κ3) is 5.09. The van der Waals surface area contributed by atoms with Gasteiger partial charge in [0.25, 0.3) is 0 Å². The van der Waals surface area contributed by atoms with Crippen LogP contribution >= 0.6 is 22.6 Å². The van der Waals surface area contributed by atoms with Crippen molar-refractivity contribution in [3.8, 4) is 28.5 Å². The van der Waals surface area contributed by atoms with Crippen molar-refractivity contribution in [1.29, 1.82) is 0 Å². The van der Waals surface area contributed by atoms with Gasteiger partial charge < -0.3 is 19.2 Å². The summed E-state index contributed by atoms with van der Waals surface area (Å²) in [7, 11) is 0. The number of hydrogen-bond donors (Lipinski definition) is 1.